The third-order valence-electron chi connectivity index (χ3n) is 3.05. The topological polar surface area (TPSA) is 54.1 Å². The first-order valence-corrected chi connectivity index (χ1v) is 6.01. The van der Waals surface area contributed by atoms with Crippen molar-refractivity contribution in [2.24, 2.45) is 0 Å². The minimum Gasteiger partial charge on any atom is -0.497 e. The summed E-state index contributed by atoms with van der Waals surface area (Å²) in [7, 11) is 1.67. The molecule has 0 radical (unpaired) electrons. The Hall–Kier alpha value is -1.97. The highest BCUT2D eigenvalue weighted by molar-refractivity contribution is 5.87. The van der Waals surface area contributed by atoms with Crippen molar-refractivity contribution in [1.82, 2.24) is 10.3 Å². The number of aromatic nitrogens is 1. The van der Waals surface area contributed by atoms with Gasteiger partial charge in [-0.25, -0.2) is 0 Å². The number of rotatable bonds is 4. The normalized spacial score (nSPS) is 10.6. The zero-order valence-electron chi connectivity index (χ0n) is 11.0. The fourth-order valence-corrected chi connectivity index (χ4v) is 2.13. The minimum atomic E-state index is 0.00334. The van der Waals surface area contributed by atoms with Gasteiger partial charge in [-0.15, -0.1) is 0 Å². The summed E-state index contributed by atoms with van der Waals surface area (Å²) in [6.07, 6.45) is 2.81. The Balaban J connectivity index is 2.28. The lowest BCUT2D eigenvalue weighted by atomic mass is 10.1. The predicted octanol–water partition coefficient (Wildman–Crippen LogP) is 2.16. The molecule has 96 valence electrons. The Morgan fingerprint density at radius 3 is 2.89 bits per heavy atom. The van der Waals surface area contributed by atoms with E-state index in [-0.39, 0.29) is 5.91 Å². The molecule has 0 spiro atoms. The Bertz CT molecular complexity index is 572. The van der Waals surface area contributed by atoms with Crippen LogP contribution in [-0.2, 0) is 11.2 Å². The van der Waals surface area contributed by atoms with Crippen molar-refractivity contribution in [2.75, 3.05) is 13.7 Å². The molecule has 1 aromatic heterocycles. The summed E-state index contributed by atoms with van der Waals surface area (Å²) in [6, 6.07) is 4.04. The van der Waals surface area contributed by atoms with Gasteiger partial charge in [0.25, 0.3) is 0 Å². The lowest BCUT2D eigenvalue weighted by molar-refractivity contribution is -0.118. The summed E-state index contributed by atoms with van der Waals surface area (Å²) in [5.41, 5.74) is 3.49. The van der Waals surface area contributed by atoms with Crippen molar-refractivity contribution in [3.63, 3.8) is 0 Å². The second kappa shape index (κ2) is 5.12. The van der Waals surface area contributed by atoms with Crippen molar-refractivity contribution < 1.29 is 9.53 Å². The summed E-state index contributed by atoms with van der Waals surface area (Å²) < 4.78 is 5.29. The van der Waals surface area contributed by atoms with Crippen molar-refractivity contribution >= 4 is 16.8 Å². The highest BCUT2D eigenvalue weighted by atomic mass is 16.5. The number of fused-ring (bicyclic) bond motifs is 1. The summed E-state index contributed by atoms with van der Waals surface area (Å²) in [6.45, 7) is 4.24. The van der Waals surface area contributed by atoms with Crippen LogP contribution in [0.2, 0.25) is 0 Å². The minimum absolute atomic E-state index is 0.00334. The molecule has 2 aromatic rings. The molecule has 4 heteroatoms. The Labute approximate surface area is 106 Å². The molecule has 4 nitrogen and oxygen atoms in total. The van der Waals surface area contributed by atoms with Crippen molar-refractivity contribution in [1.29, 1.82) is 0 Å². The molecular formula is C14H18N2O2. The monoisotopic (exact) mass is 246 g/mol. The number of carbonyl (C=O) groups excluding carboxylic acids is 1. The van der Waals surface area contributed by atoms with E-state index < -0.39 is 0 Å². The van der Waals surface area contributed by atoms with Crippen LogP contribution in [0, 0.1) is 6.92 Å². The van der Waals surface area contributed by atoms with Crippen LogP contribution < -0.4 is 10.1 Å². The number of H-pyrrole nitrogens is 1. The third kappa shape index (κ3) is 2.47. The number of ether oxygens (including phenoxy) is 1. The lowest BCUT2D eigenvalue weighted by Gasteiger charge is -2.05. The smallest absolute Gasteiger partial charge is 0.216 e. The Morgan fingerprint density at radius 2 is 2.22 bits per heavy atom. The lowest BCUT2D eigenvalue weighted by Crippen LogP contribution is -2.22. The number of hydrogen-bond donors (Lipinski definition) is 2. The van der Waals surface area contributed by atoms with Gasteiger partial charge >= 0.3 is 0 Å². The van der Waals surface area contributed by atoms with Gasteiger partial charge in [0.05, 0.1) is 7.11 Å². The molecule has 1 heterocycles. The van der Waals surface area contributed by atoms with Gasteiger partial charge in [0.1, 0.15) is 5.75 Å². The largest absolute Gasteiger partial charge is 0.497 e. The van der Waals surface area contributed by atoms with E-state index in [2.05, 4.69) is 17.2 Å². The molecule has 2 N–H and O–H groups in total. The van der Waals surface area contributed by atoms with E-state index in [1.165, 1.54) is 12.5 Å². The van der Waals surface area contributed by atoms with Crippen molar-refractivity contribution in [3.8, 4) is 5.75 Å². The van der Waals surface area contributed by atoms with Gasteiger partial charge in [0, 0.05) is 30.6 Å². The first-order valence-electron chi connectivity index (χ1n) is 6.01. The molecular weight excluding hydrogens is 228 g/mol. The number of amides is 1. The van der Waals surface area contributed by atoms with Gasteiger partial charge in [0.2, 0.25) is 5.91 Å². The van der Waals surface area contributed by atoms with E-state index in [1.807, 2.05) is 18.3 Å². The van der Waals surface area contributed by atoms with Crippen LogP contribution in [0.4, 0.5) is 0 Å². The van der Waals surface area contributed by atoms with Crippen LogP contribution in [0.1, 0.15) is 18.1 Å². The number of hydrogen-bond acceptors (Lipinski definition) is 2. The number of benzene rings is 1. The molecule has 1 aromatic carbocycles. The van der Waals surface area contributed by atoms with E-state index >= 15 is 0 Å². The highest BCUT2D eigenvalue weighted by Crippen LogP contribution is 2.27. The second-order valence-electron chi connectivity index (χ2n) is 4.41. The summed E-state index contributed by atoms with van der Waals surface area (Å²) >= 11 is 0. The Morgan fingerprint density at radius 1 is 1.44 bits per heavy atom. The predicted molar refractivity (Wildman–Crippen MR) is 72.0 cm³/mol. The number of aromatic amines is 1. The van der Waals surface area contributed by atoms with Crippen LogP contribution in [0.5, 0.6) is 5.75 Å². The molecule has 18 heavy (non-hydrogen) atoms. The fourth-order valence-electron chi connectivity index (χ4n) is 2.13. The molecule has 0 aliphatic carbocycles. The SMILES string of the molecule is COc1cc(C)c2[nH]cc(CCNC(C)=O)c2c1. The third-order valence-corrected chi connectivity index (χ3v) is 3.05. The van der Waals surface area contributed by atoms with Gasteiger partial charge in [-0.3, -0.25) is 4.79 Å². The van der Waals surface area contributed by atoms with Crippen molar-refractivity contribution in [3.05, 3.63) is 29.5 Å². The average Bonchev–Trinajstić information content (AvgIpc) is 2.72. The first-order chi connectivity index (χ1) is 8.61. The van der Waals surface area contributed by atoms with Crippen LogP contribution >= 0.6 is 0 Å². The summed E-state index contributed by atoms with van der Waals surface area (Å²) in [5, 5.41) is 3.97. The van der Waals surface area contributed by atoms with E-state index in [0.717, 1.165) is 28.6 Å². The number of nitrogens with one attached hydrogen (secondary N) is 2. The zero-order valence-corrected chi connectivity index (χ0v) is 11.0. The van der Waals surface area contributed by atoms with Crippen molar-refractivity contribution in [2.45, 2.75) is 20.3 Å². The van der Waals surface area contributed by atoms with E-state index in [1.54, 1.807) is 7.11 Å². The van der Waals surface area contributed by atoms with E-state index in [9.17, 15) is 4.79 Å². The molecule has 2 rings (SSSR count). The van der Waals surface area contributed by atoms with Crippen LogP contribution in [0.25, 0.3) is 10.9 Å². The molecule has 0 saturated heterocycles. The maximum Gasteiger partial charge on any atom is 0.216 e. The molecule has 0 fully saturated rings. The second-order valence-corrected chi connectivity index (χ2v) is 4.41. The highest BCUT2D eigenvalue weighted by Gasteiger charge is 2.08. The summed E-state index contributed by atoms with van der Waals surface area (Å²) in [4.78, 5) is 14.1. The quantitative estimate of drug-likeness (QED) is 0.868. The fraction of sp³-hybridized carbons (Fsp3) is 0.357. The maximum absolute atomic E-state index is 10.9. The number of methoxy groups -OCH3 is 1. The molecule has 0 aliphatic rings. The molecule has 0 aliphatic heterocycles. The number of aryl methyl sites for hydroxylation is 1. The molecule has 0 atom stereocenters. The first kappa shape index (κ1) is 12.5. The standard InChI is InChI=1S/C14H18N2O2/c1-9-6-12(18-3)7-13-11(8-16-14(9)13)4-5-15-10(2)17/h6-8,16H,4-5H2,1-3H3,(H,15,17). The van der Waals surface area contributed by atoms with Gasteiger partial charge in [-0.2, -0.15) is 0 Å². The zero-order chi connectivity index (χ0) is 13.1. The maximum atomic E-state index is 10.9. The van der Waals surface area contributed by atoms with Crippen LogP contribution in [0.3, 0.4) is 0 Å². The van der Waals surface area contributed by atoms with Gasteiger partial charge < -0.3 is 15.0 Å². The van der Waals surface area contributed by atoms with E-state index in [4.69, 9.17) is 4.74 Å². The number of carbonyl (C=O) groups is 1. The molecule has 1 amide bonds. The summed E-state index contributed by atoms with van der Waals surface area (Å²) in [5.74, 6) is 0.865. The molecule has 0 unspecified atom stereocenters. The van der Waals surface area contributed by atoms with E-state index in [0.29, 0.717) is 6.54 Å². The average molecular weight is 246 g/mol. The van der Waals surface area contributed by atoms with Gasteiger partial charge in [0.15, 0.2) is 0 Å². The van der Waals surface area contributed by atoms with Gasteiger partial charge in [-0.1, -0.05) is 0 Å². The van der Waals surface area contributed by atoms with Crippen LogP contribution in [0.15, 0.2) is 18.3 Å². The van der Waals surface area contributed by atoms with Crippen LogP contribution in [-0.4, -0.2) is 24.5 Å². The Kier molecular flexibility index (Phi) is 3.55. The van der Waals surface area contributed by atoms with Gasteiger partial charge in [-0.05, 0) is 36.6 Å². The molecule has 0 bridgehead atoms. The molecule has 0 saturated carbocycles.